The maximum absolute atomic E-state index is 14.6. The summed E-state index contributed by atoms with van der Waals surface area (Å²) in [6.07, 6.45) is 8.39. The van der Waals surface area contributed by atoms with Gasteiger partial charge in [-0.2, -0.15) is 9.37 Å². The molecule has 42 heavy (non-hydrogen) atoms. The molecule has 0 spiro atoms. The molecule has 3 aromatic heterocycles. The first-order valence-corrected chi connectivity index (χ1v) is 14.8. The highest BCUT2D eigenvalue weighted by atomic mass is 19.1. The summed E-state index contributed by atoms with van der Waals surface area (Å²) < 4.78 is 16.9. The van der Waals surface area contributed by atoms with Crippen molar-refractivity contribution in [2.24, 2.45) is 0 Å². The molecule has 0 radical (unpaired) electrons. The number of aryl methyl sites for hydroxylation is 1. The predicted molar refractivity (Wildman–Crippen MR) is 165 cm³/mol. The quantitative estimate of drug-likeness (QED) is 0.268. The topological polar surface area (TPSA) is 101 Å². The zero-order valence-corrected chi connectivity index (χ0v) is 24.1. The van der Waals surface area contributed by atoms with E-state index < -0.39 is 5.95 Å². The van der Waals surface area contributed by atoms with Crippen molar-refractivity contribution in [1.29, 1.82) is 0 Å². The van der Waals surface area contributed by atoms with E-state index in [2.05, 4.69) is 52.9 Å². The molecular weight excluding hydrogens is 529 g/mol. The molecule has 0 unspecified atom stereocenters. The van der Waals surface area contributed by atoms with Gasteiger partial charge in [-0.25, -0.2) is 15.0 Å². The molecule has 1 saturated heterocycles. The lowest BCUT2D eigenvalue weighted by Crippen LogP contribution is -2.49. The minimum absolute atomic E-state index is 0.222. The molecule has 10 heteroatoms. The van der Waals surface area contributed by atoms with Crippen molar-refractivity contribution in [2.75, 3.05) is 44.3 Å². The Balaban J connectivity index is 1.13. The average molecular weight is 566 g/mol. The Kier molecular flexibility index (Phi) is 6.95. The van der Waals surface area contributed by atoms with Crippen LogP contribution < -0.4 is 11.1 Å². The normalized spacial score (nSPS) is 20.4. The molecule has 7 rings (SSSR count). The highest BCUT2D eigenvalue weighted by molar-refractivity contribution is 6.00. The highest BCUT2D eigenvalue weighted by Gasteiger charge is 2.30. The Labute approximate surface area is 244 Å². The number of hydrogen-bond acceptors (Lipinski definition) is 8. The standard InChI is InChI=1S/C32H36FN9/c1-20-3-12-25-27(17-20)38-32(39-29(25)33)37-22-6-4-21(5-7-22)26-18-42(31-28(26)30(34)35-19-36-31)24-10-8-23(9-11-24)41-15-13-40(2)14-16-41/h3-7,12,17-19,23-24H,8-11,13-16H2,1-2H3,(H2,34,35,36)(H,37,38,39)/t23-,24+. The Hall–Kier alpha value is -4.15. The number of piperazine rings is 1. The summed E-state index contributed by atoms with van der Waals surface area (Å²) in [5, 5.41) is 4.44. The van der Waals surface area contributed by atoms with Gasteiger partial charge in [0.25, 0.3) is 0 Å². The summed E-state index contributed by atoms with van der Waals surface area (Å²) in [4.78, 5) is 22.6. The van der Waals surface area contributed by atoms with Gasteiger partial charge in [0, 0.05) is 55.7 Å². The summed E-state index contributed by atoms with van der Waals surface area (Å²) in [7, 11) is 2.21. The molecule has 1 saturated carbocycles. The number of nitrogen functional groups attached to an aromatic ring is 1. The fourth-order valence-corrected chi connectivity index (χ4v) is 6.61. The fourth-order valence-electron chi connectivity index (χ4n) is 6.61. The number of hydrogen-bond donors (Lipinski definition) is 2. The minimum Gasteiger partial charge on any atom is -0.383 e. The van der Waals surface area contributed by atoms with E-state index in [1.54, 1.807) is 12.4 Å². The Morgan fingerprint density at radius 2 is 1.64 bits per heavy atom. The van der Waals surface area contributed by atoms with Gasteiger partial charge in [-0.1, -0.05) is 18.2 Å². The van der Waals surface area contributed by atoms with E-state index in [0.29, 0.717) is 28.8 Å². The first-order valence-electron chi connectivity index (χ1n) is 14.8. The number of rotatable bonds is 5. The van der Waals surface area contributed by atoms with E-state index in [4.69, 9.17) is 5.73 Å². The lowest BCUT2D eigenvalue weighted by atomic mass is 9.89. The largest absolute Gasteiger partial charge is 0.383 e. The van der Waals surface area contributed by atoms with Gasteiger partial charge >= 0.3 is 0 Å². The van der Waals surface area contributed by atoms with E-state index in [1.165, 1.54) is 25.9 Å². The van der Waals surface area contributed by atoms with Gasteiger partial charge in [-0.05, 0) is 75.0 Å². The molecule has 5 aromatic rings. The number of benzene rings is 2. The zero-order chi connectivity index (χ0) is 28.8. The van der Waals surface area contributed by atoms with E-state index >= 15 is 0 Å². The van der Waals surface area contributed by atoms with Gasteiger partial charge in [0.2, 0.25) is 11.9 Å². The van der Waals surface area contributed by atoms with Crippen LogP contribution in [0.2, 0.25) is 0 Å². The van der Waals surface area contributed by atoms with Crippen LogP contribution in [-0.2, 0) is 0 Å². The van der Waals surface area contributed by atoms with E-state index in [-0.39, 0.29) is 5.95 Å². The third-order valence-corrected chi connectivity index (χ3v) is 9.01. The van der Waals surface area contributed by atoms with Gasteiger partial charge in [0.1, 0.15) is 17.8 Å². The van der Waals surface area contributed by atoms with Crippen molar-refractivity contribution in [1.82, 2.24) is 34.3 Å². The molecular formula is C32H36FN9. The summed E-state index contributed by atoms with van der Waals surface area (Å²) in [6.45, 7) is 6.60. The molecule has 0 amide bonds. The van der Waals surface area contributed by atoms with Gasteiger partial charge in [-0.15, -0.1) is 0 Å². The molecule has 2 aliphatic rings. The molecule has 2 aromatic carbocycles. The third-order valence-electron chi connectivity index (χ3n) is 9.01. The lowest BCUT2D eigenvalue weighted by Gasteiger charge is -2.41. The van der Waals surface area contributed by atoms with Gasteiger partial charge in [0.05, 0.1) is 16.3 Å². The first-order chi connectivity index (χ1) is 20.4. The molecule has 1 aliphatic carbocycles. The smallest absolute Gasteiger partial charge is 0.230 e. The number of nitrogens with two attached hydrogens (primary N) is 1. The average Bonchev–Trinajstić information content (AvgIpc) is 3.39. The van der Waals surface area contributed by atoms with E-state index in [9.17, 15) is 4.39 Å². The molecule has 216 valence electrons. The molecule has 4 heterocycles. The van der Waals surface area contributed by atoms with Crippen LogP contribution in [0.5, 0.6) is 0 Å². The van der Waals surface area contributed by atoms with E-state index in [1.807, 2.05) is 43.3 Å². The van der Waals surface area contributed by atoms with Crippen LogP contribution in [0.15, 0.2) is 55.0 Å². The second-order valence-electron chi connectivity index (χ2n) is 11.8. The van der Waals surface area contributed by atoms with E-state index in [0.717, 1.165) is 59.3 Å². The zero-order valence-electron chi connectivity index (χ0n) is 24.1. The Morgan fingerprint density at radius 1 is 0.905 bits per heavy atom. The molecule has 1 aliphatic heterocycles. The number of halogens is 1. The van der Waals surface area contributed by atoms with Crippen molar-refractivity contribution in [3.05, 3.63) is 66.5 Å². The second kappa shape index (κ2) is 10.9. The Bertz CT molecular complexity index is 1730. The predicted octanol–water partition coefficient (Wildman–Crippen LogP) is 5.55. The van der Waals surface area contributed by atoms with Crippen molar-refractivity contribution in [2.45, 2.75) is 44.7 Å². The summed E-state index contributed by atoms with van der Waals surface area (Å²) in [5.74, 6) is 0.164. The monoisotopic (exact) mass is 565 g/mol. The van der Waals surface area contributed by atoms with Crippen LogP contribution in [0.3, 0.4) is 0 Å². The van der Waals surface area contributed by atoms with Crippen LogP contribution in [-0.4, -0.2) is 73.6 Å². The van der Waals surface area contributed by atoms with Crippen LogP contribution in [0.4, 0.5) is 21.8 Å². The number of likely N-dealkylation sites (N-methyl/N-ethyl adjacent to an activating group) is 1. The van der Waals surface area contributed by atoms with Crippen molar-refractivity contribution in [3.8, 4) is 11.1 Å². The van der Waals surface area contributed by atoms with Crippen LogP contribution in [0, 0.1) is 12.9 Å². The van der Waals surface area contributed by atoms with Crippen molar-refractivity contribution in [3.63, 3.8) is 0 Å². The maximum atomic E-state index is 14.6. The van der Waals surface area contributed by atoms with Crippen LogP contribution >= 0.6 is 0 Å². The van der Waals surface area contributed by atoms with Crippen LogP contribution in [0.1, 0.15) is 37.3 Å². The second-order valence-corrected chi connectivity index (χ2v) is 11.8. The van der Waals surface area contributed by atoms with Gasteiger partial charge in [0.15, 0.2) is 0 Å². The van der Waals surface area contributed by atoms with Crippen molar-refractivity contribution >= 4 is 39.4 Å². The first kappa shape index (κ1) is 26.7. The van der Waals surface area contributed by atoms with Gasteiger partial charge < -0.3 is 20.5 Å². The summed E-state index contributed by atoms with van der Waals surface area (Å²) in [6, 6.07) is 14.4. The number of anilines is 3. The molecule has 0 atom stereocenters. The number of nitrogens with one attached hydrogen (secondary N) is 1. The number of aromatic nitrogens is 5. The Morgan fingerprint density at radius 3 is 2.40 bits per heavy atom. The summed E-state index contributed by atoms with van der Waals surface area (Å²) >= 11 is 0. The number of fused-ring (bicyclic) bond motifs is 2. The number of nitrogens with zero attached hydrogens (tertiary/aromatic N) is 7. The molecule has 3 N–H and O–H groups in total. The third kappa shape index (κ3) is 5.05. The lowest BCUT2D eigenvalue weighted by molar-refractivity contribution is 0.0828. The highest BCUT2D eigenvalue weighted by Crippen LogP contribution is 2.39. The van der Waals surface area contributed by atoms with Crippen LogP contribution in [0.25, 0.3) is 33.1 Å². The SMILES string of the molecule is Cc1ccc2c(F)nc(Nc3ccc(-c4cn([C@H]5CC[C@@H](N6CCN(C)CC6)CC5)c5ncnc(N)c45)cc3)nc2c1. The van der Waals surface area contributed by atoms with Crippen molar-refractivity contribution < 1.29 is 4.39 Å². The summed E-state index contributed by atoms with van der Waals surface area (Å²) in [5.41, 5.74) is 11.7. The minimum atomic E-state index is -0.542. The van der Waals surface area contributed by atoms with Gasteiger partial charge in [-0.3, -0.25) is 4.90 Å². The fraction of sp³-hybridized carbons (Fsp3) is 0.375. The molecule has 2 fully saturated rings. The molecule has 9 nitrogen and oxygen atoms in total. The molecule has 0 bridgehead atoms. The maximum Gasteiger partial charge on any atom is 0.230 e.